The Morgan fingerprint density at radius 1 is 0.906 bits per heavy atom. The molecule has 180 valence electrons. The molecule has 0 fully saturated rings. The highest BCUT2D eigenvalue weighted by atomic mass is 32.2. The maximum atomic E-state index is 12.7. The van der Waals surface area contributed by atoms with Crippen LogP contribution >= 0.6 is 23.5 Å². The van der Waals surface area contributed by atoms with Crippen molar-refractivity contribution in [2.45, 2.75) is 4.90 Å². The number of nitrogens with zero attached hydrogens (tertiary/aromatic N) is 1. The zero-order valence-electron chi connectivity index (χ0n) is 16.6. The average Bonchev–Trinajstić information content (AvgIpc) is 2.61. The minimum atomic E-state index is -5.65. The summed E-state index contributed by atoms with van der Waals surface area (Å²) < 4.78 is 72.5. The lowest BCUT2D eigenvalue weighted by Crippen LogP contribution is -2.27. The van der Waals surface area contributed by atoms with Gasteiger partial charge < -0.3 is 24.5 Å². The number of sulfonamides is 1. The van der Waals surface area contributed by atoms with Crippen molar-refractivity contribution in [2.24, 2.45) is 0 Å². The van der Waals surface area contributed by atoms with Gasteiger partial charge in [0.2, 0.25) is 10.0 Å². The Morgan fingerprint density at radius 3 is 2.09 bits per heavy atom. The van der Waals surface area contributed by atoms with Crippen molar-refractivity contribution in [1.82, 2.24) is 4.72 Å². The Hall–Kier alpha value is -1.18. The first-order chi connectivity index (χ1) is 14.5. The first-order valence-corrected chi connectivity index (χ1v) is 14.5. The molecule has 2 aromatic rings. The zero-order chi connectivity index (χ0) is 24.4. The van der Waals surface area contributed by atoms with Crippen LogP contribution in [0.1, 0.15) is 0 Å². The van der Waals surface area contributed by atoms with E-state index in [0.29, 0.717) is 10.8 Å². The molecule has 0 spiro atoms. The van der Waals surface area contributed by atoms with E-state index in [1.54, 1.807) is 38.4 Å². The number of phosphoric ester groups is 1. The standard InChI is InChI=1S/C14H21N2O12P3S/c1-16(2)13-7-3-6-12-11(13)5-4-8-14(12)32(24,25)15-9-10-26-30(20,21)28-31(22,23)27-29(17,18)19/h3-8,15H,9-10H2,1-2H3,(H,20,21)(H,22,23)(H2,17,18,19). The fourth-order valence-corrected chi connectivity index (χ4v) is 6.86. The van der Waals surface area contributed by atoms with Crippen molar-refractivity contribution in [1.29, 1.82) is 0 Å². The molecule has 0 aromatic heterocycles. The first kappa shape index (κ1) is 27.1. The van der Waals surface area contributed by atoms with E-state index in [9.17, 15) is 27.0 Å². The second-order valence-electron chi connectivity index (χ2n) is 6.34. The Labute approximate surface area is 183 Å². The summed E-state index contributed by atoms with van der Waals surface area (Å²) in [6, 6.07) is 9.78. The van der Waals surface area contributed by atoms with Crippen LogP contribution < -0.4 is 9.62 Å². The minimum Gasteiger partial charge on any atom is -0.377 e. The summed E-state index contributed by atoms with van der Waals surface area (Å²) in [5, 5.41) is 1.10. The van der Waals surface area contributed by atoms with Gasteiger partial charge >= 0.3 is 23.5 Å². The number of nitrogens with one attached hydrogen (secondary N) is 1. The molecule has 5 N–H and O–H groups in total. The third-order valence-corrected chi connectivity index (χ3v) is 9.05. The van der Waals surface area contributed by atoms with Gasteiger partial charge in [0.1, 0.15) is 0 Å². The normalized spacial score (nSPS) is 16.4. The van der Waals surface area contributed by atoms with E-state index in [1.807, 2.05) is 11.0 Å². The average molecular weight is 534 g/mol. The fourth-order valence-electron chi connectivity index (χ4n) is 2.61. The van der Waals surface area contributed by atoms with Crippen molar-refractivity contribution in [3.8, 4) is 0 Å². The van der Waals surface area contributed by atoms with E-state index >= 15 is 0 Å². The third-order valence-electron chi connectivity index (χ3n) is 3.69. The van der Waals surface area contributed by atoms with E-state index in [-0.39, 0.29) is 4.90 Å². The van der Waals surface area contributed by atoms with Crippen LogP contribution in [0.4, 0.5) is 5.69 Å². The van der Waals surface area contributed by atoms with Crippen molar-refractivity contribution >= 4 is 50.0 Å². The first-order valence-electron chi connectivity index (χ1n) is 8.50. The van der Waals surface area contributed by atoms with Gasteiger partial charge in [0.15, 0.2) is 0 Å². The fraction of sp³-hybridized carbons (Fsp3) is 0.286. The van der Waals surface area contributed by atoms with E-state index in [0.717, 1.165) is 5.69 Å². The minimum absolute atomic E-state index is 0.0583. The maximum absolute atomic E-state index is 12.7. The quantitative estimate of drug-likeness (QED) is 0.205. The van der Waals surface area contributed by atoms with Crippen molar-refractivity contribution < 1.29 is 54.8 Å². The Kier molecular flexibility index (Phi) is 8.44. The number of fused-ring (bicyclic) bond motifs is 1. The molecule has 2 atom stereocenters. The molecule has 0 saturated heterocycles. The van der Waals surface area contributed by atoms with Crippen LogP contribution in [-0.2, 0) is 36.9 Å². The highest BCUT2D eigenvalue weighted by Gasteiger charge is 2.40. The molecular formula is C14H21N2O12P3S. The van der Waals surface area contributed by atoms with Gasteiger partial charge in [-0.3, -0.25) is 4.52 Å². The summed E-state index contributed by atoms with van der Waals surface area (Å²) in [7, 11) is -17.0. The van der Waals surface area contributed by atoms with Crippen molar-refractivity contribution in [3.63, 3.8) is 0 Å². The number of benzene rings is 2. The number of phosphoric acid groups is 3. The van der Waals surface area contributed by atoms with Crippen molar-refractivity contribution in [2.75, 3.05) is 32.1 Å². The van der Waals surface area contributed by atoms with E-state index in [4.69, 9.17) is 14.7 Å². The second kappa shape index (κ2) is 9.98. The number of hydrogen-bond acceptors (Lipinski definition) is 9. The summed E-state index contributed by atoms with van der Waals surface area (Å²) in [4.78, 5) is 37.2. The molecule has 0 aliphatic heterocycles. The lowest BCUT2D eigenvalue weighted by molar-refractivity contribution is 0.174. The smallest absolute Gasteiger partial charge is 0.377 e. The highest BCUT2D eigenvalue weighted by Crippen LogP contribution is 2.66. The molecule has 2 unspecified atom stereocenters. The lowest BCUT2D eigenvalue weighted by Gasteiger charge is -2.17. The van der Waals surface area contributed by atoms with Gasteiger partial charge in [-0.25, -0.2) is 26.8 Å². The third kappa shape index (κ3) is 7.70. The van der Waals surface area contributed by atoms with Gasteiger partial charge in [0, 0.05) is 37.1 Å². The SMILES string of the molecule is CN(C)c1cccc2c(S(=O)(=O)NCCOP(=O)(O)OP(=O)(O)OP(=O)(O)O)cccc12. The second-order valence-corrected chi connectivity index (χ2v) is 12.5. The van der Waals surface area contributed by atoms with Crippen LogP contribution in [0, 0.1) is 0 Å². The predicted octanol–water partition coefficient (Wildman–Crippen LogP) is 1.53. The topological polar surface area (TPSA) is 209 Å². The molecule has 2 aromatic carbocycles. The maximum Gasteiger partial charge on any atom is 0.490 e. The Bertz CT molecular complexity index is 1230. The summed E-state index contributed by atoms with van der Waals surface area (Å²) in [6.45, 7) is -1.34. The van der Waals surface area contributed by atoms with E-state index in [2.05, 4.69) is 17.9 Å². The molecule has 0 bridgehead atoms. The summed E-state index contributed by atoms with van der Waals surface area (Å²) in [5.41, 5.74) is 0.784. The molecular weight excluding hydrogens is 513 g/mol. The van der Waals surface area contributed by atoms with Crippen LogP contribution in [0.15, 0.2) is 41.3 Å². The summed E-state index contributed by atoms with van der Waals surface area (Å²) >= 11 is 0. The molecule has 32 heavy (non-hydrogen) atoms. The highest BCUT2D eigenvalue weighted by molar-refractivity contribution is 7.89. The van der Waals surface area contributed by atoms with Crippen LogP contribution in [-0.4, -0.2) is 55.2 Å². The van der Waals surface area contributed by atoms with Crippen molar-refractivity contribution in [3.05, 3.63) is 36.4 Å². The van der Waals surface area contributed by atoms with Gasteiger partial charge in [-0.1, -0.05) is 24.3 Å². The van der Waals surface area contributed by atoms with Gasteiger partial charge in [0.05, 0.1) is 11.5 Å². The molecule has 0 aliphatic carbocycles. The summed E-state index contributed by atoms with van der Waals surface area (Å²) in [5.74, 6) is 0. The monoisotopic (exact) mass is 534 g/mol. The van der Waals surface area contributed by atoms with Crippen LogP contribution in [0.5, 0.6) is 0 Å². The van der Waals surface area contributed by atoms with Gasteiger partial charge in [-0.2, -0.15) is 8.62 Å². The molecule has 18 heteroatoms. The Balaban J connectivity index is 2.07. The molecule has 0 radical (unpaired) electrons. The number of anilines is 1. The largest absolute Gasteiger partial charge is 0.490 e. The van der Waals surface area contributed by atoms with Crippen LogP contribution in [0.25, 0.3) is 10.8 Å². The van der Waals surface area contributed by atoms with E-state index < -0.39 is 46.6 Å². The lowest BCUT2D eigenvalue weighted by atomic mass is 10.1. The zero-order valence-corrected chi connectivity index (χ0v) is 20.1. The van der Waals surface area contributed by atoms with Gasteiger partial charge in [0.25, 0.3) is 0 Å². The number of hydrogen-bond donors (Lipinski definition) is 5. The molecule has 14 nitrogen and oxygen atoms in total. The van der Waals surface area contributed by atoms with Gasteiger partial charge in [-0.15, -0.1) is 0 Å². The van der Waals surface area contributed by atoms with Gasteiger partial charge in [-0.05, 0) is 12.1 Å². The molecule has 0 amide bonds. The molecule has 2 rings (SSSR count). The van der Waals surface area contributed by atoms with E-state index in [1.165, 1.54) is 6.07 Å². The van der Waals surface area contributed by atoms with Crippen LogP contribution in [0.3, 0.4) is 0 Å². The number of rotatable bonds is 11. The predicted molar refractivity (Wildman–Crippen MR) is 113 cm³/mol. The Morgan fingerprint density at radius 2 is 1.50 bits per heavy atom. The molecule has 0 saturated carbocycles. The molecule has 0 heterocycles. The summed E-state index contributed by atoms with van der Waals surface area (Å²) in [6.07, 6.45) is 0. The van der Waals surface area contributed by atoms with Crippen LogP contribution in [0.2, 0.25) is 0 Å². The molecule has 0 aliphatic rings.